The second kappa shape index (κ2) is 7.19. The van der Waals surface area contributed by atoms with Gasteiger partial charge in [0, 0.05) is 19.6 Å². The molecule has 1 N–H and O–H groups in total. The van der Waals surface area contributed by atoms with Crippen LogP contribution in [0.15, 0.2) is 4.90 Å². The van der Waals surface area contributed by atoms with Crippen LogP contribution in [0.4, 0.5) is 0 Å². The Hall–Kier alpha value is -0.920. The van der Waals surface area contributed by atoms with E-state index in [9.17, 15) is 8.42 Å². The number of aromatic nitrogens is 2. The van der Waals surface area contributed by atoms with Crippen molar-refractivity contribution in [2.45, 2.75) is 45.6 Å². The van der Waals surface area contributed by atoms with Crippen LogP contribution in [-0.4, -0.2) is 49.2 Å². The molecular formula is C13H26N4O2S. The molecule has 7 heteroatoms. The Morgan fingerprint density at radius 2 is 1.85 bits per heavy atom. The van der Waals surface area contributed by atoms with Crippen molar-refractivity contribution in [3.05, 3.63) is 11.4 Å². The lowest BCUT2D eigenvalue weighted by Crippen LogP contribution is -2.31. The highest BCUT2D eigenvalue weighted by Gasteiger charge is 2.28. The molecule has 0 bridgehead atoms. The summed E-state index contributed by atoms with van der Waals surface area (Å²) in [6, 6.07) is 0. The lowest BCUT2D eigenvalue weighted by molar-refractivity contribution is 0.444. The molecule has 0 fully saturated rings. The number of rotatable bonds is 8. The second-order valence-corrected chi connectivity index (χ2v) is 6.64. The highest BCUT2D eigenvalue weighted by atomic mass is 32.2. The van der Waals surface area contributed by atoms with Gasteiger partial charge in [0.1, 0.15) is 4.90 Å². The van der Waals surface area contributed by atoms with Crippen LogP contribution in [0, 0.1) is 13.8 Å². The highest BCUT2D eigenvalue weighted by molar-refractivity contribution is 7.89. The van der Waals surface area contributed by atoms with Crippen LogP contribution in [0.3, 0.4) is 0 Å². The van der Waals surface area contributed by atoms with Crippen molar-refractivity contribution in [2.75, 3.05) is 26.7 Å². The van der Waals surface area contributed by atoms with Gasteiger partial charge in [-0.1, -0.05) is 13.8 Å². The van der Waals surface area contributed by atoms with E-state index in [1.807, 2.05) is 27.8 Å². The molecule has 0 aromatic carbocycles. The fourth-order valence-corrected chi connectivity index (χ4v) is 4.20. The van der Waals surface area contributed by atoms with Gasteiger partial charge in [-0.3, -0.25) is 4.68 Å². The van der Waals surface area contributed by atoms with Gasteiger partial charge in [-0.15, -0.1) is 0 Å². The summed E-state index contributed by atoms with van der Waals surface area (Å²) >= 11 is 0. The fourth-order valence-electron chi connectivity index (χ4n) is 2.37. The van der Waals surface area contributed by atoms with Crippen molar-refractivity contribution < 1.29 is 8.42 Å². The maximum atomic E-state index is 12.6. The van der Waals surface area contributed by atoms with Gasteiger partial charge in [0.15, 0.2) is 0 Å². The lowest BCUT2D eigenvalue weighted by Gasteiger charge is -2.18. The smallest absolute Gasteiger partial charge is 0.246 e. The molecule has 1 heterocycles. The Bertz CT molecular complexity index is 533. The first-order chi connectivity index (χ1) is 9.39. The summed E-state index contributed by atoms with van der Waals surface area (Å²) in [7, 11) is -1.54. The van der Waals surface area contributed by atoms with Gasteiger partial charge in [-0.2, -0.15) is 9.40 Å². The van der Waals surface area contributed by atoms with Crippen LogP contribution in [0.5, 0.6) is 0 Å². The van der Waals surface area contributed by atoms with Gasteiger partial charge in [-0.05, 0) is 33.9 Å². The third kappa shape index (κ3) is 3.39. The second-order valence-electron chi connectivity index (χ2n) is 4.77. The molecule has 1 rings (SSSR count). The number of hydrogen-bond donors (Lipinski definition) is 1. The molecule has 0 aliphatic heterocycles. The van der Waals surface area contributed by atoms with Crippen LogP contribution >= 0.6 is 0 Å². The average Bonchev–Trinajstić information content (AvgIpc) is 2.66. The first-order valence-electron chi connectivity index (χ1n) is 7.08. The molecule has 20 heavy (non-hydrogen) atoms. The van der Waals surface area contributed by atoms with E-state index >= 15 is 0 Å². The SMILES string of the molecule is CCN(CC)S(=O)(=O)c1c(C)nn(CCCNC)c1C. The summed E-state index contributed by atoms with van der Waals surface area (Å²) < 4.78 is 28.5. The maximum Gasteiger partial charge on any atom is 0.246 e. The van der Waals surface area contributed by atoms with Crippen molar-refractivity contribution in [3.63, 3.8) is 0 Å². The first-order valence-corrected chi connectivity index (χ1v) is 8.52. The summed E-state index contributed by atoms with van der Waals surface area (Å²) in [5.41, 5.74) is 1.31. The minimum atomic E-state index is -3.44. The van der Waals surface area contributed by atoms with Crippen LogP contribution in [0.1, 0.15) is 31.7 Å². The summed E-state index contributed by atoms with van der Waals surface area (Å²) in [5, 5.41) is 7.46. The van der Waals surface area contributed by atoms with Crippen molar-refractivity contribution in [1.29, 1.82) is 0 Å². The Morgan fingerprint density at radius 1 is 1.25 bits per heavy atom. The van der Waals surface area contributed by atoms with E-state index in [0.717, 1.165) is 25.2 Å². The van der Waals surface area contributed by atoms with Crippen molar-refractivity contribution in [1.82, 2.24) is 19.4 Å². The predicted octanol–water partition coefficient (Wildman–Crippen LogP) is 1.14. The van der Waals surface area contributed by atoms with E-state index < -0.39 is 10.0 Å². The largest absolute Gasteiger partial charge is 0.320 e. The predicted molar refractivity (Wildman–Crippen MR) is 80.4 cm³/mol. The van der Waals surface area contributed by atoms with Crippen LogP contribution < -0.4 is 5.32 Å². The summed E-state index contributed by atoms with van der Waals surface area (Å²) in [6.07, 6.45) is 0.920. The summed E-state index contributed by atoms with van der Waals surface area (Å²) in [4.78, 5) is 0.366. The normalized spacial score (nSPS) is 12.3. The monoisotopic (exact) mass is 302 g/mol. The van der Waals surface area contributed by atoms with Crippen molar-refractivity contribution >= 4 is 10.0 Å². The first kappa shape index (κ1) is 17.1. The minimum absolute atomic E-state index is 0.366. The Morgan fingerprint density at radius 3 is 2.35 bits per heavy atom. The van der Waals surface area contributed by atoms with Gasteiger partial charge in [0.25, 0.3) is 0 Å². The molecule has 0 spiro atoms. The number of sulfonamides is 1. The molecule has 0 atom stereocenters. The molecule has 0 aliphatic carbocycles. The van der Waals surface area contributed by atoms with Gasteiger partial charge < -0.3 is 5.32 Å². The van der Waals surface area contributed by atoms with Crippen molar-refractivity contribution in [3.8, 4) is 0 Å². The van der Waals surface area contributed by atoms with Gasteiger partial charge in [0.2, 0.25) is 10.0 Å². The van der Waals surface area contributed by atoms with E-state index in [0.29, 0.717) is 23.7 Å². The molecule has 0 saturated heterocycles. The Kier molecular flexibility index (Phi) is 6.16. The highest BCUT2D eigenvalue weighted by Crippen LogP contribution is 2.23. The average molecular weight is 302 g/mol. The Labute approximate surface area is 122 Å². The zero-order valence-corrected chi connectivity index (χ0v) is 13.9. The van der Waals surface area contributed by atoms with Crippen LogP contribution in [0.25, 0.3) is 0 Å². The molecule has 0 amide bonds. The molecule has 1 aromatic rings. The van der Waals surface area contributed by atoms with E-state index in [1.165, 1.54) is 4.31 Å². The fraction of sp³-hybridized carbons (Fsp3) is 0.769. The molecular weight excluding hydrogens is 276 g/mol. The third-order valence-corrected chi connectivity index (χ3v) is 5.72. The maximum absolute atomic E-state index is 12.6. The number of aryl methyl sites for hydroxylation is 2. The minimum Gasteiger partial charge on any atom is -0.320 e. The van der Waals surface area contributed by atoms with Crippen molar-refractivity contribution in [2.24, 2.45) is 0 Å². The summed E-state index contributed by atoms with van der Waals surface area (Å²) in [6.45, 7) is 9.85. The third-order valence-electron chi connectivity index (χ3n) is 3.42. The van der Waals surface area contributed by atoms with Gasteiger partial charge in [0.05, 0.1) is 11.4 Å². The lowest BCUT2D eigenvalue weighted by atomic mass is 10.4. The van der Waals surface area contributed by atoms with Gasteiger partial charge >= 0.3 is 0 Å². The van der Waals surface area contributed by atoms with Gasteiger partial charge in [-0.25, -0.2) is 8.42 Å². The van der Waals surface area contributed by atoms with E-state index in [-0.39, 0.29) is 0 Å². The molecule has 0 radical (unpaired) electrons. The Balaban J connectivity index is 3.13. The van der Waals surface area contributed by atoms with Crippen LogP contribution in [-0.2, 0) is 16.6 Å². The zero-order valence-electron chi connectivity index (χ0n) is 13.1. The number of hydrogen-bond acceptors (Lipinski definition) is 4. The van der Waals surface area contributed by atoms with E-state index in [4.69, 9.17) is 0 Å². The standard InChI is InChI=1S/C13H26N4O2S/c1-6-16(7-2)20(18,19)13-11(3)15-17(12(13)4)10-8-9-14-5/h14H,6-10H2,1-5H3. The number of nitrogens with zero attached hydrogens (tertiary/aromatic N) is 3. The van der Waals surface area contributed by atoms with E-state index in [1.54, 1.807) is 11.6 Å². The topological polar surface area (TPSA) is 67.2 Å². The quantitative estimate of drug-likeness (QED) is 0.731. The van der Waals surface area contributed by atoms with E-state index in [2.05, 4.69) is 10.4 Å². The molecule has 0 aliphatic rings. The molecule has 6 nitrogen and oxygen atoms in total. The molecule has 1 aromatic heterocycles. The van der Waals surface area contributed by atoms with Crippen LogP contribution in [0.2, 0.25) is 0 Å². The molecule has 0 unspecified atom stereocenters. The number of nitrogens with one attached hydrogen (secondary N) is 1. The zero-order chi connectivity index (χ0) is 15.3. The molecule has 116 valence electrons. The summed E-state index contributed by atoms with van der Waals surface area (Å²) in [5.74, 6) is 0. The molecule has 0 saturated carbocycles.